The first-order valence-corrected chi connectivity index (χ1v) is 6.41. The summed E-state index contributed by atoms with van der Waals surface area (Å²) in [6.45, 7) is 5.74. The minimum atomic E-state index is -0.472. The van der Waals surface area contributed by atoms with Crippen molar-refractivity contribution in [2.24, 2.45) is 0 Å². The first kappa shape index (κ1) is 12.8. The molecule has 0 unspecified atom stereocenters. The Labute approximate surface area is 108 Å². The second kappa shape index (κ2) is 4.56. The van der Waals surface area contributed by atoms with Crippen LogP contribution in [0, 0.1) is 0 Å². The van der Waals surface area contributed by atoms with E-state index in [1.54, 1.807) is 0 Å². The molecule has 0 saturated carbocycles. The van der Waals surface area contributed by atoms with Gasteiger partial charge in [0, 0.05) is 18.5 Å². The lowest BCUT2D eigenvalue weighted by molar-refractivity contribution is -0.120. The van der Waals surface area contributed by atoms with E-state index in [-0.39, 0.29) is 11.7 Å². The van der Waals surface area contributed by atoms with Gasteiger partial charge < -0.3 is 5.32 Å². The second-order valence-corrected chi connectivity index (χ2v) is 5.35. The fourth-order valence-corrected chi connectivity index (χ4v) is 2.23. The van der Waals surface area contributed by atoms with E-state index >= 15 is 0 Å². The fraction of sp³-hybridized carbons (Fsp3) is 0.467. The molecule has 1 amide bonds. The second-order valence-electron chi connectivity index (χ2n) is 5.35. The van der Waals surface area contributed by atoms with Crippen molar-refractivity contribution in [3.63, 3.8) is 0 Å². The minimum Gasteiger partial charge on any atom is -0.325 e. The molecule has 0 spiro atoms. The number of ketones is 1. The third-order valence-electron chi connectivity index (χ3n) is 3.66. The number of rotatable bonds is 4. The Morgan fingerprint density at radius 1 is 1.33 bits per heavy atom. The van der Waals surface area contributed by atoms with Crippen LogP contribution >= 0.6 is 0 Å². The van der Waals surface area contributed by atoms with Gasteiger partial charge in [-0.3, -0.25) is 9.59 Å². The van der Waals surface area contributed by atoms with Crippen molar-refractivity contribution in [2.45, 2.75) is 45.4 Å². The molecule has 0 aromatic heterocycles. The van der Waals surface area contributed by atoms with E-state index in [9.17, 15) is 9.59 Å². The summed E-state index contributed by atoms with van der Waals surface area (Å²) in [6.07, 6.45) is 1.93. The standard InChI is InChI=1S/C15H19NO2/c1-4-11(17)7-5-10-6-8-13-12(9-10)15(2,3)14(18)16-13/h6,8-9H,4-5,7H2,1-3H3,(H,16,18). The van der Waals surface area contributed by atoms with Crippen LogP contribution in [-0.2, 0) is 21.4 Å². The quantitative estimate of drug-likeness (QED) is 0.886. The average molecular weight is 245 g/mol. The maximum absolute atomic E-state index is 11.8. The highest BCUT2D eigenvalue weighted by Crippen LogP contribution is 2.37. The van der Waals surface area contributed by atoms with Gasteiger partial charge in [0.15, 0.2) is 0 Å². The molecule has 1 aromatic carbocycles. The Kier molecular flexibility index (Phi) is 3.24. The summed E-state index contributed by atoms with van der Waals surface area (Å²) in [5.74, 6) is 0.322. The maximum atomic E-state index is 11.8. The highest BCUT2D eigenvalue weighted by molar-refractivity contribution is 6.05. The molecule has 0 aliphatic carbocycles. The molecule has 1 N–H and O–H groups in total. The van der Waals surface area contributed by atoms with E-state index in [1.807, 2.05) is 32.9 Å². The van der Waals surface area contributed by atoms with Gasteiger partial charge in [0.1, 0.15) is 5.78 Å². The van der Waals surface area contributed by atoms with Crippen LogP contribution in [0.15, 0.2) is 18.2 Å². The molecule has 0 radical (unpaired) electrons. The first-order valence-electron chi connectivity index (χ1n) is 6.41. The molecule has 1 aliphatic heterocycles. The van der Waals surface area contributed by atoms with E-state index in [0.717, 1.165) is 23.2 Å². The van der Waals surface area contributed by atoms with Crippen LogP contribution in [0.5, 0.6) is 0 Å². The average Bonchev–Trinajstić information content (AvgIpc) is 2.57. The molecule has 2 rings (SSSR count). The Balaban J connectivity index is 2.21. The highest BCUT2D eigenvalue weighted by Gasteiger charge is 2.38. The number of hydrogen-bond acceptors (Lipinski definition) is 2. The van der Waals surface area contributed by atoms with Gasteiger partial charge in [-0.05, 0) is 37.5 Å². The number of aryl methyl sites for hydroxylation is 1. The molecular formula is C15H19NO2. The van der Waals surface area contributed by atoms with Crippen LogP contribution in [-0.4, -0.2) is 11.7 Å². The molecule has 0 atom stereocenters. The van der Waals surface area contributed by atoms with Gasteiger partial charge in [-0.15, -0.1) is 0 Å². The molecule has 1 heterocycles. The Bertz CT molecular complexity index is 503. The SMILES string of the molecule is CCC(=O)CCc1ccc2c(c1)C(C)(C)C(=O)N2. The lowest BCUT2D eigenvalue weighted by atomic mass is 9.85. The number of Topliss-reactive ketones (excluding diaryl/α,β-unsaturated/α-hetero) is 1. The number of carbonyl (C=O) groups is 2. The molecular weight excluding hydrogens is 226 g/mol. The topological polar surface area (TPSA) is 46.2 Å². The van der Waals surface area contributed by atoms with Crippen molar-refractivity contribution in [2.75, 3.05) is 5.32 Å². The Morgan fingerprint density at radius 3 is 2.72 bits per heavy atom. The van der Waals surface area contributed by atoms with E-state index < -0.39 is 5.41 Å². The zero-order valence-electron chi connectivity index (χ0n) is 11.2. The summed E-state index contributed by atoms with van der Waals surface area (Å²) < 4.78 is 0. The van der Waals surface area contributed by atoms with Gasteiger partial charge >= 0.3 is 0 Å². The fourth-order valence-electron chi connectivity index (χ4n) is 2.23. The number of fused-ring (bicyclic) bond motifs is 1. The van der Waals surface area contributed by atoms with Gasteiger partial charge in [0.25, 0.3) is 0 Å². The van der Waals surface area contributed by atoms with Crippen LogP contribution in [0.1, 0.15) is 44.7 Å². The van der Waals surface area contributed by atoms with Crippen LogP contribution in [0.25, 0.3) is 0 Å². The number of carbonyl (C=O) groups excluding carboxylic acids is 2. The predicted octanol–water partition coefficient (Wildman–Crippen LogP) is 2.83. The molecule has 0 bridgehead atoms. The minimum absolute atomic E-state index is 0.0410. The Morgan fingerprint density at radius 2 is 2.06 bits per heavy atom. The summed E-state index contributed by atoms with van der Waals surface area (Å²) in [5.41, 5.74) is 2.59. The summed E-state index contributed by atoms with van der Waals surface area (Å²) in [6, 6.07) is 5.98. The molecule has 3 nitrogen and oxygen atoms in total. The first-order chi connectivity index (χ1) is 8.45. The van der Waals surface area contributed by atoms with E-state index in [0.29, 0.717) is 12.8 Å². The number of anilines is 1. The largest absolute Gasteiger partial charge is 0.325 e. The van der Waals surface area contributed by atoms with Crippen molar-refractivity contribution in [1.29, 1.82) is 0 Å². The number of benzene rings is 1. The van der Waals surface area contributed by atoms with Crippen LogP contribution in [0.4, 0.5) is 5.69 Å². The van der Waals surface area contributed by atoms with Crippen molar-refractivity contribution >= 4 is 17.4 Å². The highest BCUT2D eigenvalue weighted by atomic mass is 16.2. The third kappa shape index (κ3) is 2.17. The molecule has 18 heavy (non-hydrogen) atoms. The molecule has 1 aliphatic rings. The summed E-state index contributed by atoms with van der Waals surface area (Å²) >= 11 is 0. The van der Waals surface area contributed by atoms with Crippen molar-refractivity contribution in [1.82, 2.24) is 0 Å². The zero-order valence-corrected chi connectivity index (χ0v) is 11.2. The third-order valence-corrected chi connectivity index (χ3v) is 3.66. The van der Waals surface area contributed by atoms with Gasteiger partial charge in [-0.2, -0.15) is 0 Å². The zero-order chi connectivity index (χ0) is 13.3. The summed E-state index contributed by atoms with van der Waals surface area (Å²) in [7, 11) is 0. The summed E-state index contributed by atoms with van der Waals surface area (Å²) in [4.78, 5) is 23.1. The monoisotopic (exact) mass is 245 g/mol. The van der Waals surface area contributed by atoms with Gasteiger partial charge in [0.2, 0.25) is 5.91 Å². The smallest absolute Gasteiger partial charge is 0.234 e. The van der Waals surface area contributed by atoms with Crippen molar-refractivity contribution in [3.8, 4) is 0 Å². The lowest BCUT2D eigenvalue weighted by Gasteiger charge is -2.15. The Hall–Kier alpha value is -1.64. The van der Waals surface area contributed by atoms with Crippen LogP contribution in [0.3, 0.4) is 0 Å². The van der Waals surface area contributed by atoms with Crippen molar-refractivity contribution in [3.05, 3.63) is 29.3 Å². The van der Waals surface area contributed by atoms with E-state index in [4.69, 9.17) is 0 Å². The molecule has 0 saturated heterocycles. The van der Waals surface area contributed by atoms with Gasteiger partial charge in [-0.1, -0.05) is 19.1 Å². The number of amides is 1. The van der Waals surface area contributed by atoms with Crippen LogP contribution in [0.2, 0.25) is 0 Å². The van der Waals surface area contributed by atoms with E-state index in [1.165, 1.54) is 0 Å². The van der Waals surface area contributed by atoms with Crippen molar-refractivity contribution < 1.29 is 9.59 Å². The number of hydrogen-bond donors (Lipinski definition) is 1. The van der Waals surface area contributed by atoms with Crippen LogP contribution < -0.4 is 5.32 Å². The summed E-state index contributed by atoms with van der Waals surface area (Å²) in [5, 5.41) is 2.89. The maximum Gasteiger partial charge on any atom is 0.234 e. The van der Waals surface area contributed by atoms with Gasteiger partial charge in [0.05, 0.1) is 5.41 Å². The lowest BCUT2D eigenvalue weighted by Crippen LogP contribution is -2.26. The molecule has 3 heteroatoms. The normalized spacial score (nSPS) is 16.3. The predicted molar refractivity (Wildman–Crippen MR) is 71.7 cm³/mol. The molecule has 0 fully saturated rings. The van der Waals surface area contributed by atoms with Gasteiger partial charge in [-0.25, -0.2) is 0 Å². The molecule has 96 valence electrons. The van der Waals surface area contributed by atoms with E-state index in [2.05, 4.69) is 11.4 Å². The number of nitrogens with one attached hydrogen (secondary N) is 1. The molecule has 1 aromatic rings.